The fourth-order valence-corrected chi connectivity index (χ4v) is 1.70. The number of carbonyl (C=O) groups excluding carboxylic acids is 1. The van der Waals surface area contributed by atoms with E-state index in [9.17, 15) is 4.79 Å². The lowest BCUT2D eigenvalue weighted by Crippen LogP contribution is -2.50. The van der Waals surface area contributed by atoms with Crippen LogP contribution in [0.5, 0.6) is 0 Å². The molecule has 2 N–H and O–H groups in total. The minimum atomic E-state index is -0.826. The molecule has 0 bridgehead atoms. The average molecular weight is 249 g/mol. The van der Waals surface area contributed by atoms with Crippen molar-refractivity contribution in [2.45, 2.75) is 37.8 Å². The third-order valence-corrected chi connectivity index (χ3v) is 2.72. The van der Waals surface area contributed by atoms with Crippen LogP contribution in [0.3, 0.4) is 0 Å². The Balaban J connectivity index is 5.23. The van der Waals surface area contributed by atoms with Crippen LogP contribution < -0.4 is 5.73 Å². The van der Waals surface area contributed by atoms with Crippen molar-refractivity contribution < 1.29 is 9.53 Å². The van der Waals surface area contributed by atoms with Crippen molar-refractivity contribution >= 4 is 5.97 Å². The van der Waals surface area contributed by atoms with E-state index >= 15 is 0 Å². The van der Waals surface area contributed by atoms with Gasteiger partial charge >= 0.3 is 5.97 Å². The van der Waals surface area contributed by atoms with E-state index in [1.807, 2.05) is 0 Å². The van der Waals surface area contributed by atoms with Gasteiger partial charge in [-0.25, -0.2) is 4.79 Å². The number of rotatable bonds is 9. The standard InChI is InChI=1S/C15H23NO2/c1-6-9-13(16)15(10-7-2,11-8-3)18-14(17)12(4)5/h6-8,13H,1-4,9-11,16H2,5H3. The van der Waals surface area contributed by atoms with Gasteiger partial charge in [-0.1, -0.05) is 24.8 Å². The minimum absolute atomic E-state index is 0.346. The van der Waals surface area contributed by atoms with Crippen molar-refractivity contribution in [2.75, 3.05) is 0 Å². The zero-order valence-electron chi connectivity index (χ0n) is 11.2. The van der Waals surface area contributed by atoms with Crippen molar-refractivity contribution in [3.8, 4) is 0 Å². The molecule has 3 heteroatoms. The van der Waals surface area contributed by atoms with Crippen LogP contribution in [0.15, 0.2) is 50.1 Å². The van der Waals surface area contributed by atoms with Crippen molar-refractivity contribution in [3.63, 3.8) is 0 Å². The molecule has 100 valence electrons. The average Bonchev–Trinajstić information content (AvgIpc) is 2.29. The number of esters is 1. The predicted octanol–water partition coefficient (Wildman–Crippen LogP) is 2.90. The van der Waals surface area contributed by atoms with Crippen molar-refractivity contribution in [2.24, 2.45) is 5.73 Å². The molecule has 0 fully saturated rings. The second-order valence-corrected chi connectivity index (χ2v) is 4.35. The van der Waals surface area contributed by atoms with E-state index in [0.29, 0.717) is 24.8 Å². The molecule has 0 spiro atoms. The molecule has 1 atom stereocenters. The van der Waals surface area contributed by atoms with Gasteiger partial charge in [0.25, 0.3) is 0 Å². The summed E-state index contributed by atoms with van der Waals surface area (Å²) in [6, 6.07) is -0.353. The fraction of sp³-hybridized carbons (Fsp3) is 0.400. The summed E-state index contributed by atoms with van der Waals surface area (Å²) in [7, 11) is 0. The molecule has 0 aliphatic rings. The summed E-state index contributed by atoms with van der Waals surface area (Å²) in [6.07, 6.45) is 6.57. The Morgan fingerprint density at radius 1 is 1.28 bits per heavy atom. The van der Waals surface area contributed by atoms with Crippen molar-refractivity contribution in [1.29, 1.82) is 0 Å². The molecule has 0 amide bonds. The zero-order chi connectivity index (χ0) is 14.2. The third kappa shape index (κ3) is 4.34. The maximum atomic E-state index is 11.7. The maximum Gasteiger partial charge on any atom is 0.333 e. The molecule has 0 aromatic carbocycles. The molecular weight excluding hydrogens is 226 g/mol. The first-order valence-corrected chi connectivity index (χ1v) is 5.90. The Morgan fingerprint density at radius 3 is 2.11 bits per heavy atom. The molecule has 0 saturated heterocycles. The molecule has 18 heavy (non-hydrogen) atoms. The van der Waals surface area contributed by atoms with Crippen LogP contribution in [0.2, 0.25) is 0 Å². The highest BCUT2D eigenvalue weighted by molar-refractivity contribution is 5.87. The first kappa shape index (κ1) is 16.4. The van der Waals surface area contributed by atoms with Crippen LogP contribution in [0.1, 0.15) is 26.2 Å². The number of ether oxygens (including phenoxy) is 1. The van der Waals surface area contributed by atoms with Gasteiger partial charge in [-0.05, 0) is 13.3 Å². The maximum absolute atomic E-state index is 11.7. The normalized spacial score (nSPS) is 12.3. The molecule has 0 aromatic rings. The fourth-order valence-electron chi connectivity index (χ4n) is 1.70. The summed E-state index contributed by atoms with van der Waals surface area (Å²) in [5.41, 5.74) is 5.63. The van der Waals surface area contributed by atoms with Crippen LogP contribution in [0.4, 0.5) is 0 Å². The third-order valence-electron chi connectivity index (χ3n) is 2.72. The highest BCUT2D eigenvalue weighted by atomic mass is 16.6. The molecule has 0 aliphatic heterocycles. The van der Waals surface area contributed by atoms with E-state index < -0.39 is 11.6 Å². The molecule has 0 radical (unpaired) electrons. The van der Waals surface area contributed by atoms with Crippen LogP contribution >= 0.6 is 0 Å². The molecule has 0 rings (SSSR count). The first-order valence-electron chi connectivity index (χ1n) is 5.90. The Bertz CT molecular complexity index is 334. The quantitative estimate of drug-likeness (QED) is 0.388. The van der Waals surface area contributed by atoms with Gasteiger partial charge in [0.1, 0.15) is 5.60 Å². The van der Waals surface area contributed by atoms with Crippen LogP contribution in [-0.2, 0) is 9.53 Å². The Hall–Kier alpha value is -1.61. The monoisotopic (exact) mass is 249 g/mol. The SMILES string of the molecule is C=CCC(N)C(CC=C)(CC=C)OC(=O)C(=C)C. The Labute approximate surface area is 110 Å². The van der Waals surface area contributed by atoms with Gasteiger partial charge in [0.2, 0.25) is 0 Å². The van der Waals surface area contributed by atoms with Crippen LogP contribution in [0, 0.1) is 0 Å². The summed E-state index contributed by atoms with van der Waals surface area (Å²) in [4.78, 5) is 11.7. The van der Waals surface area contributed by atoms with Gasteiger partial charge < -0.3 is 10.5 Å². The van der Waals surface area contributed by atoms with Gasteiger partial charge in [-0.2, -0.15) is 0 Å². The van der Waals surface area contributed by atoms with Crippen LogP contribution in [0.25, 0.3) is 0 Å². The predicted molar refractivity (Wildman–Crippen MR) is 76.1 cm³/mol. The summed E-state index contributed by atoms with van der Waals surface area (Å²) in [5, 5.41) is 0. The number of hydrogen-bond donors (Lipinski definition) is 1. The Morgan fingerprint density at radius 2 is 1.78 bits per heavy atom. The number of carbonyl (C=O) groups is 1. The highest BCUT2D eigenvalue weighted by Gasteiger charge is 2.38. The summed E-state index contributed by atoms with van der Waals surface area (Å²) in [6.45, 7) is 16.2. The molecule has 0 aliphatic carbocycles. The zero-order valence-corrected chi connectivity index (χ0v) is 11.2. The minimum Gasteiger partial charge on any atom is -0.453 e. The summed E-state index contributed by atoms with van der Waals surface area (Å²) >= 11 is 0. The van der Waals surface area contributed by atoms with Gasteiger partial charge in [-0.15, -0.1) is 19.7 Å². The second-order valence-electron chi connectivity index (χ2n) is 4.35. The van der Waals surface area contributed by atoms with Crippen molar-refractivity contribution in [3.05, 3.63) is 50.1 Å². The topological polar surface area (TPSA) is 52.3 Å². The first-order chi connectivity index (χ1) is 8.43. The smallest absolute Gasteiger partial charge is 0.333 e. The Kier molecular flexibility index (Phi) is 6.98. The molecule has 3 nitrogen and oxygen atoms in total. The van der Waals surface area contributed by atoms with E-state index in [2.05, 4.69) is 26.3 Å². The van der Waals surface area contributed by atoms with Gasteiger partial charge in [0.05, 0.1) is 0 Å². The van der Waals surface area contributed by atoms with E-state index in [-0.39, 0.29) is 6.04 Å². The molecular formula is C15H23NO2. The molecule has 0 aromatic heterocycles. The van der Waals surface area contributed by atoms with E-state index in [0.717, 1.165) is 0 Å². The van der Waals surface area contributed by atoms with E-state index in [1.54, 1.807) is 25.2 Å². The van der Waals surface area contributed by atoms with Crippen molar-refractivity contribution in [1.82, 2.24) is 0 Å². The second kappa shape index (κ2) is 7.67. The molecule has 1 unspecified atom stereocenters. The number of hydrogen-bond acceptors (Lipinski definition) is 3. The lowest BCUT2D eigenvalue weighted by atomic mass is 9.85. The van der Waals surface area contributed by atoms with Gasteiger partial charge in [-0.3, -0.25) is 0 Å². The molecule has 0 saturated carbocycles. The van der Waals surface area contributed by atoms with E-state index in [1.165, 1.54) is 0 Å². The largest absolute Gasteiger partial charge is 0.453 e. The number of nitrogens with two attached hydrogens (primary N) is 1. The lowest BCUT2D eigenvalue weighted by Gasteiger charge is -2.37. The van der Waals surface area contributed by atoms with Crippen LogP contribution in [-0.4, -0.2) is 17.6 Å². The highest BCUT2D eigenvalue weighted by Crippen LogP contribution is 2.28. The molecule has 0 heterocycles. The lowest BCUT2D eigenvalue weighted by molar-refractivity contribution is -0.156. The summed E-state index contributed by atoms with van der Waals surface area (Å²) < 4.78 is 5.54. The van der Waals surface area contributed by atoms with Gasteiger partial charge in [0.15, 0.2) is 0 Å². The van der Waals surface area contributed by atoms with Gasteiger partial charge in [0, 0.05) is 24.5 Å². The van der Waals surface area contributed by atoms with E-state index in [4.69, 9.17) is 10.5 Å². The summed E-state index contributed by atoms with van der Waals surface area (Å²) in [5.74, 6) is -0.446.